The number of rotatable bonds is 5. The lowest BCUT2D eigenvalue weighted by atomic mass is 10.1. The minimum absolute atomic E-state index is 0.0516. The quantitative estimate of drug-likeness (QED) is 0.818. The number of nitrogens with one attached hydrogen (secondary N) is 2. The molecule has 0 aliphatic carbocycles. The first kappa shape index (κ1) is 19.0. The van der Waals surface area contributed by atoms with Gasteiger partial charge in [-0.3, -0.25) is 9.59 Å². The second kappa shape index (κ2) is 7.87. The molecule has 1 saturated heterocycles. The van der Waals surface area contributed by atoms with Crippen molar-refractivity contribution in [3.63, 3.8) is 0 Å². The topological polar surface area (TPSA) is 92.3 Å². The summed E-state index contributed by atoms with van der Waals surface area (Å²) in [5.41, 5.74) is 1.64. The molecule has 0 saturated carbocycles. The summed E-state index contributed by atoms with van der Waals surface area (Å²) in [6.07, 6.45) is 0.349. The number of hydrogen-bond acceptors (Lipinski definition) is 4. The Bertz CT molecular complexity index is 958. The average Bonchev–Trinajstić information content (AvgIpc) is 3.00. The Morgan fingerprint density at radius 1 is 1.11 bits per heavy atom. The van der Waals surface area contributed by atoms with Crippen molar-refractivity contribution in [3.8, 4) is 0 Å². The highest BCUT2D eigenvalue weighted by Crippen LogP contribution is 2.19. The summed E-state index contributed by atoms with van der Waals surface area (Å²) in [6, 6.07) is 12.2. The van der Waals surface area contributed by atoms with E-state index in [2.05, 4.69) is 10.6 Å². The number of benzene rings is 2. The van der Waals surface area contributed by atoms with E-state index in [1.807, 2.05) is 0 Å². The molecule has 1 aliphatic rings. The van der Waals surface area contributed by atoms with E-state index in [1.54, 1.807) is 24.3 Å². The van der Waals surface area contributed by atoms with E-state index in [9.17, 15) is 22.4 Å². The van der Waals surface area contributed by atoms with Gasteiger partial charge in [-0.05, 0) is 48.4 Å². The smallest absolute Gasteiger partial charge is 0.255 e. The zero-order chi connectivity index (χ0) is 19.4. The van der Waals surface area contributed by atoms with E-state index in [4.69, 9.17) is 0 Å². The van der Waals surface area contributed by atoms with Crippen molar-refractivity contribution in [2.24, 2.45) is 5.92 Å². The van der Waals surface area contributed by atoms with Crippen molar-refractivity contribution in [1.82, 2.24) is 5.32 Å². The zero-order valence-electron chi connectivity index (χ0n) is 14.4. The van der Waals surface area contributed by atoms with Crippen molar-refractivity contribution in [2.45, 2.75) is 13.0 Å². The SMILES string of the molecule is O=C(Nc1cccc(CNC(=O)C2CCS(=O)(=O)C2)c1)c1ccc(F)cc1. The van der Waals surface area contributed by atoms with Gasteiger partial charge >= 0.3 is 0 Å². The van der Waals surface area contributed by atoms with E-state index >= 15 is 0 Å². The van der Waals surface area contributed by atoms with E-state index in [-0.39, 0.29) is 29.9 Å². The Morgan fingerprint density at radius 3 is 2.52 bits per heavy atom. The molecule has 0 bridgehead atoms. The van der Waals surface area contributed by atoms with Crippen LogP contribution >= 0.6 is 0 Å². The van der Waals surface area contributed by atoms with Gasteiger partial charge in [0.25, 0.3) is 5.91 Å². The molecule has 1 unspecified atom stereocenters. The minimum Gasteiger partial charge on any atom is -0.352 e. The molecule has 1 heterocycles. The van der Waals surface area contributed by atoms with Crippen molar-refractivity contribution in [3.05, 3.63) is 65.5 Å². The highest BCUT2D eigenvalue weighted by Gasteiger charge is 2.32. The summed E-state index contributed by atoms with van der Waals surface area (Å²) in [4.78, 5) is 24.3. The van der Waals surface area contributed by atoms with Crippen molar-refractivity contribution in [2.75, 3.05) is 16.8 Å². The lowest BCUT2D eigenvalue weighted by molar-refractivity contribution is -0.124. The Labute approximate surface area is 156 Å². The molecule has 142 valence electrons. The third kappa shape index (κ3) is 5.13. The number of halogens is 1. The first-order valence-corrected chi connectivity index (χ1v) is 10.3. The van der Waals surface area contributed by atoms with Crippen LogP contribution in [0.3, 0.4) is 0 Å². The predicted octanol–water partition coefficient (Wildman–Crippen LogP) is 2.13. The predicted molar refractivity (Wildman–Crippen MR) is 99.4 cm³/mol. The summed E-state index contributed by atoms with van der Waals surface area (Å²) in [7, 11) is -3.10. The molecule has 2 aromatic rings. The zero-order valence-corrected chi connectivity index (χ0v) is 15.3. The molecule has 27 heavy (non-hydrogen) atoms. The number of carbonyl (C=O) groups is 2. The summed E-state index contributed by atoms with van der Waals surface area (Å²) in [6.45, 7) is 0.232. The van der Waals surface area contributed by atoms with Crippen LogP contribution in [0, 0.1) is 11.7 Å². The molecular weight excluding hydrogens is 371 g/mol. The summed E-state index contributed by atoms with van der Waals surface area (Å²) in [5.74, 6) is -1.62. The van der Waals surface area contributed by atoms with Gasteiger partial charge in [0, 0.05) is 17.8 Å². The number of sulfone groups is 1. The summed E-state index contributed by atoms with van der Waals surface area (Å²) < 4.78 is 35.9. The van der Waals surface area contributed by atoms with Crippen LogP contribution in [0.1, 0.15) is 22.3 Å². The maximum atomic E-state index is 12.9. The van der Waals surface area contributed by atoms with Gasteiger partial charge in [0.05, 0.1) is 17.4 Å². The second-order valence-electron chi connectivity index (χ2n) is 6.48. The Kier molecular flexibility index (Phi) is 5.55. The molecular formula is C19H19FN2O4S. The minimum atomic E-state index is -3.10. The molecule has 3 rings (SSSR count). The van der Waals surface area contributed by atoms with Gasteiger partial charge in [0.15, 0.2) is 9.84 Å². The van der Waals surface area contributed by atoms with Crippen LogP contribution in [0.4, 0.5) is 10.1 Å². The van der Waals surface area contributed by atoms with Crippen LogP contribution in [-0.4, -0.2) is 31.7 Å². The Morgan fingerprint density at radius 2 is 1.85 bits per heavy atom. The first-order chi connectivity index (χ1) is 12.8. The first-order valence-electron chi connectivity index (χ1n) is 8.46. The normalized spacial score (nSPS) is 18.0. The molecule has 8 heteroatoms. The molecule has 2 amide bonds. The largest absolute Gasteiger partial charge is 0.352 e. The molecule has 1 aliphatic heterocycles. The lowest BCUT2D eigenvalue weighted by Gasteiger charge is -2.11. The Balaban J connectivity index is 1.58. The van der Waals surface area contributed by atoms with Gasteiger partial charge < -0.3 is 10.6 Å². The summed E-state index contributed by atoms with van der Waals surface area (Å²) >= 11 is 0. The van der Waals surface area contributed by atoms with Gasteiger partial charge in [-0.2, -0.15) is 0 Å². The van der Waals surface area contributed by atoms with Gasteiger partial charge in [-0.1, -0.05) is 12.1 Å². The maximum Gasteiger partial charge on any atom is 0.255 e. The van der Waals surface area contributed by atoms with E-state index < -0.39 is 21.6 Å². The average molecular weight is 390 g/mol. The van der Waals surface area contributed by atoms with Gasteiger partial charge in [-0.25, -0.2) is 12.8 Å². The third-order valence-corrected chi connectivity index (χ3v) is 6.13. The van der Waals surface area contributed by atoms with Crippen molar-refractivity contribution >= 4 is 27.3 Å². The van der Waals surface area contributed by atoms with Crippen LogP contribution in [0.25, 0.3) is 0 Å². The summed E-state index contributed by atoms with van der Waals surface area (Å²) in [5, 5.41) is 5.46. The number of carbonyl (C=O) groups excluding carboxylic acids is 2. The van der Waals surface area contributed by atoms with Gasteiger partial charge in [0.1, 0.15) is 5.82 Å². The van der Waals surface area contributed by atoms with E-state index in [0.29, 0.717) is 17.7 Å². The molecule has 1 atom stereocenters. The van der Waals surface area contributed by atoms with Crippen LogP contribution in [0.5, 0.6) is 0 Å². The third-order valence-electron chi connectivity index (χ3n) is 4.36. The molecule has 1 fully saturated rings. The molecule has 2 N–H and O–H groups in total. The lowest BCUT2D eigenvalue weighted by Crippen LogP contribution is -2.30. The van der Waals surface area contributed by atoms with Crippen LogP contribution in [0.2, 0.25) is 0 Å². The highest BCUT2D eigenvalue weighted by molar-refractivity contribution is 7.91. The fourth-order valence-corrected chi connectivity index (χ4v) is 4.64. The highest BCUT2D eigenvalue weighted by atomic mass is 32.2. The Hall–Kier alpha value is -2.74. The van der Waals surface area contributed by atoms with Crippen LogP contribution in [-0.2, 0) is 21.2 Å². The molecule has 6 nitrogen and oxygen atoms in total. The van der Waals surface area contributed by atoms with E-state index in [0.717, 1.165) is 5.56 Å². The molecule has 0 aromatic heterocycles. The second-order valence-corrected chi connectivity index (χ2v) is 8.71. The molecule has 2 aromatic carbocycles. The van der Waals surface area contributed by atoms with Crippen molar-refractivity contribution in [1.29, 1.82) is 0 Å². The monoisotopic (exact) mass is 390 g/mol. The number of hydrogen-bond donors (Lipinski definition) is 2. The van der Waals surface area contributed by atoms with Crippen molar-refractivity contribution < 1.29 is 22.4 Å². The van der Waals surface area contributed by atoms with Crippen LogP contribution in [0.15, 0.2) is 48.5 Å². The van der Waals surface area contributed by atoms with Crippen LogP contribution < -0.4 is 10.6 Å². The number of amides is 2. The standard InChI is InChI=1S/C19H19FN2O4S/c20-16-6-4-14(5-7-16)19(24)22-17-3-1-2-13(10-17)11-21-18(23)15-8-9-27(25,26)12-15/h1-7,10,15H,8-9,11-12H2,(H,21,23)(H,22,24). The fourth-order valence-electron chi connectivity index (χ4n) is 2.90. The molecule has 0 radical (unpaired) electrons. The molecule has 0 spiro atoms. The maximum absolute atomic E-state index is 12.9. The van der Waals surface area contributed by atoms with E-state index in [1.165, 1.54) is 24.3 Å². The fraction of sp³-hybridized carbons (Fsp3) is 0.263. The van der Waals surface area contributed by atoms with Gasteiger partial charge in [0.2, 0.25) is 5.91 Å². The number of anilines is 1. The van der Waals surface area contributed by atoms with Gasteiger partial charge in [-0.15, -0.1) is 0 Å².